The average molecular weight is 135 g/mol. The van der Waals surface area contributed by atoms with Gasteiger partial charge in [0.15, 0.2) is 0 Å². The van der Waals surface area contributed by atoms with Crippen molar-refractivity contribution in [2.75, 3.05) is 0 Å². The van der Waals surface area contributed by atoms with E-state index in [0.29, 0.717) is 0 Å². The molecule has 0 saturated carbocycles. The Balaban J connectivity index is 2.96. The molecule has 0 aliphatic carbocycles. The van der Waals surface area contributed by atoms with Gasteiger partial charge in [-0.1, -0.05) is 6.07 Å². The third kappa shape index (κ3) is 1.31. The van der Waals surface area contributed by atoms with Crippen molar-refractivity contribution in [2.45, 2.75) is 6.92 Å². The summed E-state index contributed by atoms with van der Waals surface area (Å²) >= 11 is 0. The number of pyridine rings is 1. The fourth-order valence-corrected chi connectivity index (χ4v) is 0.651. The SMILES string of the molecule is C/C(=N\N)c1cccnc1. The molecule has 0 atom stereocenters. The van der Waals surface area contributed by atoms with Crippen molar-refractivity contribution < 1.29 is 0 Å². The molecule has 52 valence electrons. The molecule has 1 aromatic rings. The van der Waals surface area contributed by atoms with E-state index in [9.17, 15) is 0 Å². The third-order valence-electron chi connectivity index (χ3n) is 1.27. The van der Waals surface area contributed by atoms with Gasteiger partial charge in [-0.15, -0.1) is 0 Å². The molecule has 0 radical (unpaired) electrons. The predicted molar refractivity (Wildman–Crippen MR) is 40.6 cm³/mol. The molecule has 2 N–H and O–H groups in total. The van der Waals surface area contributed by atoms with Gasteiger partial charge in [-0.3, -0.25) is 4.98 Å². The minimum absolute atomic E-state index is 0.799. The lowest BCUT2D eigenvalue weighted by atomic mass is 10.2. The third-order valence-corrected chi connectivity index (χ3v) is 1.27. The average Bonchev–Trinajstić information content (AvgIpc) is 2.05. The number of nitrogens with zero attached hydrogens (tertiary/aromatic N) is 2. The highest BCUT2D eigenvalue weighted by molar-refractivity contribution is 5.98. The van der Waals surface area contributed by atoms with Gasteiger partial charge in [0.25, 0.3) is 0 Å². The first-order valence-electron chi connectivity index (χ1n) is 2.99. The molecule has 10 heavy (non-hydrogen) atoms. The Morgan fingerprint density at radius 2 is 2.50 bits per heavy atom. The Morgan fingerprint density at radius 1 is 1.70 bits per heavy atom. The molecule has 3 heteroatoms. The molecule has 3 nitrogen and oxygen atoms in total. The summed E-state index contributed by atoms with van der Waals surface area (Å²) in [5, 5.41) is 3.54. The molecule has 0 fully saturated rings. The van der Waals surface area contributed by atoms with Crippen LogP contribution in [0.5, 0.6) is 0 Å². The Kier molecular flexibility index (Phi) is 1.99. The second-order valence-corrected chi connectivity index (χ2v) is 1.96. The molecule has 0 spiro atoms. The minimum atomic E-state index is 0.799. The second-order valence-electron chi connectivity index (χ2n) is 1.96. The maximum Gasteiger partial charge on any atom is 0.0657 e. The summed E-state index contributed by atoms with van der Waals surface area (Å²) < 4.78 is 0. The van der Waals surface area contributed by atoms with Gasteiger partial charge in [-0.25, -0.2) is 0 Å². The van der Waals surface area contributed by atoms with E-state index in [0.717, 1.165) is 11.3 Å². The van der Waals surface area contributed by atoms with Gasteiger partial charge in [-0.05, 0) is 13.0 Å². The fourth-order valence-electron chi connectivity index (χ4n) is 0.651. The van der Waals surface area contributed by atoms with E-state index < -0.39 is 0 Å². The summed E-state index contributed by atoms with van der Waals surface area (Å²) in [5.74, 6) is 5.06. The highest BCUT2D eigenvalue weighted by atomic mass is 15.1. The van der Waals surface area contributed by atoms with Gasteiger partial charge in [-0.2, -0.15) is 5.10 Å². The van der Waals surface area contributed by atoms with Crippen LogP contribution in [0.4, 0.5) is 0 Å². The molecule has 0 amide bonds. The maximum absolute atomic E-state index is 5.06. The van der Waals surface area contributed by atoms with E-state index in [-0.39, 0.29) is 0 Å². The highest BCUT2D eigenvalue weighted by Crippen LogP contribution is 1.95. The van der Waals surface area contributed by atoms with Crippen LogP contribution in [-0.2, 0) is 0 Å². The molecule has 1 aromatic heterocycles. The van der Waals surface area contributed by atoms with Crippen molar-refractivity contribution in [3.63, 3.8) is 0 Å². The summed E-state index contributed by atoms with van der Waals surface area (Å²) in [6.07, 6.45) is 3.44. The molecule has 0 aliphatic rings. The smallest absolute Gasteiger partial charge is 0.0657 e. The van der Waals surface area contributed by atoms with Crippen molar-refractivity contribution >= 4 is 5.71 Å². The van der Waals surface area contributed by atoms with Crippen LogP contribution in [0.25, 0.3) is 0 Å². The molecule has 0 bridgehead atoms. The lowest BCUT2D eigenvalue weighted by molar-refractivity contribution is 1.22. The van der Waals surface area contributed by atoms with Crippen molar-refractivity contribution in [1.82, 2.24) is 4.98 Å². The molecule has 0 aromatic carbocycles. The van der Waals surface area contributed by atoms with Crippen LogP contribution < -0.4 is 5.84 Å². The zero-order valence-corrected chi connectivity index (χ0v) is 5.78. The maximum atomic E-state index is 5.06. The molecule has 0 saturated heterocycles. The van der Waals surface area contributed by atoms with E-state index in [1.54, 1.807) is 12.4 Å². The zero-order chi connectivity index (χ0) is 7.40. The van der Waals surface area contributed by atoms with Crippen molar-refractivity contribution in [1.29, 1.82) is 0 Å². The number of nitrogens with two attached hydrogens (primary N) is 1. The Morgan fingerprint density at radius 3 is 3.00 bits per heavy atom. The van der Waals surface area contributed by atoms with Gasteiger partial charge in [0.05, 0.1) is 5.71 Å². The summed E-state index contributed by atoms with van der Waals surface area (Å²) in [4.78, 5) is 3.92. The molecular weight excluding hydrogens is 126 g/mol. The van der Waals surface area contributed by atoms with E-state index in [1.807, 2.05) is 19.1 Å². The van der Waals surface area contributed by atoms with Crippen LogP contribution in [0.15, 0.2) is 29.6 Å². The Bertz CT molecular complexity index is 228. The number of rotatable bonds is 1. The van der Waals surface area contributed by atoms with Gasteiger partial charge >= 0.3 is 0 Å². The van der Waals surface area contributed by atoms with Crippen LogP contribution in [0.2, 0.25) is 0 Å². The van der Waals surface area contributed by atoms with Crippen LogP contribution in [0, 0.1) is 0 Å². The van der Waals surface area contributed by atoms with Gasteiger partial charge in [0.1, 0.15) is 0 Å². The number of aromatic nitrogens is 1. The van der Waals surface area contributed by atoms with Gasteiger partial charge in [0.2, 0.25) is 0 Å². The first-order chi connectivity index (χ1) is 4.84. The lowest BCUT2D eigenvalue weighted by Crippen LogP contribution is -1.98. The first kappa shape index (κ1) is 6.74. The van der Waals surface area contributed by atoms with Gasteiger partial charge in [0, 0.05) is 18.0 Å². The van der Waals surface area contributed by atoms with Crippen molar-refractivity contribution in [3.8, 4) is 0 Å². The zero-order valence-electron chi connectivity index (χ0n) is 5.78. The minimum Gasteiger partial charge on any atom is -0.323 e. The van der Waals surface area contributed by atoms with Crippen molar-refractivity contribution in [3.05, 3.63) is 30.1 Å². The van der Waals surface area contributed by atoms with Crippen molar-refractivity contribution in [2.24, 2.45) is 10.9 Å². The molecule has 0 unspecified atom stereocenters. The van der Waals surface area contributed by atoms with E-state index in [1.165, 1.54) is 0 Å². The summed E-state index contributed by atoms with van der Waals surface area (Å²) in [5.41, 5.74) is 1.76. The van der Waals surface area contributed by atoms with Gasteiger partial charge < -0.3 is 5.84 Å². The van der Waals surface area contributed by atoms with Crippen LogP contribution in [0.3, 0.4) is 0 Å². The Labute approximate surface area is 59.6 Å². The number of hydrazone groups is 1. The normalized spacial score (nSPS) is 11.5. The Hall–Kier alpha value is -1.38. The van der Waals surface area contributed by atoms with Crippen LogP contribution >= 0.6 is 0 Å². The monoisotopic (exact) mass is 135 g/mol. The lowest BCUT2D eigenvalue weighted by Gasteiger charge is -1.94. The topological polar surface area (TPSA) is 51.3 Å². The number of hydrogen-bond donors (Lipinski definition) is 1. The van der Waals surface area contributed by atoms with Crippen LogP contribution in [-0.4, -0.2) is 10.7 Å². The van der Waals surface area contributed by atoms with E-state index in [2.05, 4.69) is 10.1 Å². The molecule has 1 heterocycles. The fraction of sp³-hybridized carbons (Fsp3) is 0.143. The quantitative estimate of drug-likeness (QED) is 0.351. The highest BCUT2D eigenvalue weighted by Gasteiger charge is 1.92. The largest absolute Gasteiger partial charge is 0.323 e. The van der Waals surface area contributed by atoms with E-state index in [4.69, 9.17) is 5.84 Å². The molecular formula is C7H9N3. The number of hydrogen-bond acceptors (Lipinski definition) is 3. The summed E-state index contributed by atoms with van der Waals surface area (Å²) in [6.45, 7) is 1.84. The second kappa shape index (κ2) is 2.96. The molecule has 1 rings (SSSR count). The summed E-state index contributed by atoms with van der Waals surface area (Å²) in [6, 6.07) is 3.77. The standard InChI is InChI=1S/C7H9N3/c1-6(10-8)7-3-2-4-9-5-7/h2-5H,8H2,1H3/b10-6+. The molecule has 0 aliphatic heterocycles. The predicted octanol–water partition coefficient (Wildman–Crippen LogP) is 0.764. The first-order valence-corrected chi connectivity index (χ1v) is 2.99. The van der Waals surface area contributed by atoms with Crippen LogP contribution in [0.1, 0.15) is 12.5 Å². The van der Waals surface area contributed by atoms with E-state index >= 15 is 0 Å². The summed E-state index contributed by atoms with van der Waals surface area (Å²) in [7, 11) is 0.